The van der Waals surface area contributed by atoms with Crippen molar-refractivity contribution in [2.24, 2.45) is 5.41 Å². The Balaban J connectivity index is 1.58. The number of amides is 2. The molecule has 0 unspecified atom stereocenters. The molecular formula is C19H18ClN3O3. The average Bonchev–Trinajstić information content (AvgIpc) is 3.00. The lowest BCUT2D eigenvalue weighted by atomic mass is 9.70. The molecule has 2 N–H and O–H groups in total. The third-order valence-corrected chi connectivity index (χ3v) is 5.56. The largest absolute Gasteiger partial charge is 0.356 e. The van der Waals surface area contributed by atoms with E-state index < -0.39 is 5.91 Å². The van der Waals surface area contributed by atoms with Crippen molar-refractivity contribution in [3.63, 3.8) is 0 Å². The molecule has 1 fully saturated rings. The molecule has 2 aromatic rings. The van der Waals surface area contributed by atoms with Crippen LogP contribution in [0.25, 0.3) is 0 Å². The molecule has 2 heterocycles. The van der Waals surface area contributed by atoms with E-state index >= 15 is 0 Å². The number of hydrogen-bond donors (Lipinski definition) is 2. The van der Waals surface area contributed by atoms with Gasteiger partial charge in [0.05, 0.1) is 22.3 Å². The van der Waals surface area contributed by atoms with Gasteiger partial charge in [0, 0.05) is 18.3 Å². The van der Waals surface area contributed by atoms with Crippen LogP contribution in [0, 0.1) is 5.41 Å². The lowest BCUT2D eigenvalue weighted by Crippen LogP contribution is -2.36. The van der Waals surface area contributed by atoms with Gasteiger partial charge in [-0.15, -0.1) is 0 Å². The van der Waals surface area contributed by atoms with Crippen LogP contribution in [-0.4, -0.2) is 28.6 Å². The van der Waals surface area contributed by atoms with E-state index in [4.69, 9.17) is 11.6 Å². The summed E-state index contributed by atoms with van der Waals surface area (Å²) < 4.78 is 0. The Kier molecular flexibility index (Phi) is 4.17. The number of carbonyl (C=O) groups excluding carboxylic acids is 2. The van der Waals surface area contributed by atoms with Crippen molar-refractivity contribution in [3.8, 4) is 0 Å². The van der Waals surface area contributed by atoms with E-state index in [0.717, 1.165) is 36.9 Å². The fraction of sp³-hybridized carbons (Fsp3) is 0.316. The number of benzene rings is 1. The number of fused-ring (bicyclic) bond motifs is 1. The highest BCUT2D eigenvalue weighted by Gasteiger charge is 2.44. The van der Waals surface area contributed by atoms with Gasteiger partial charge in [-0.05, 0) is 55.0 Å². The molecule has 1 saturated heterocycles. The minimum atomic E-state index is -0.546. The lowest BCUT2D eigenvalue weighted by molar-refractivity contribution is -0.128. The molecule has 1 atom stereocenters. The van der Waals surface area contributed by atoms with Crippen LogP contribution in [0.5, 0.6) is 0 Å². The molecule has 0 bridgehead atoms. The number of nitrogens with one attached hydrogen (secondary N) is 1. The fourth-order valence-corrected chi connectivity index (χ4v) is 4.04. The first-order valence-corrected chi connectivity index (χ1v) is 8.90. The number of aryl methyl sites for hydroxylation is 1. The SMILES string of the molecule is O=C(c1ccc2c(c1)CC[C@@]1(CCNC1=O)C2)N(O)c1cncc(Cl)c1. The van der Waals surface area contributed by atoms with Crippen LogP contribution < -0.4 is 10.4 Å². The maximum Gasteiger partial charge on any atom is 0.282 e. The number of anilines is 1. The number of hydroxylamine groups is 1. The molecular weight excluding hydrogens is 354 g/mol. The van der Waals surface area contributed by atoms with E-state index in [0.29, 0.717) is 22.1 Å². The van der Waals surface area contributed by atoms with Crippen molar-refractivity contribution in [2.45, 2.75) is 25.7 Å². The number of aromatic nitrogens is 1. The number of pyridine rings is 1. The van der Waals surface area contributed by atoms with E-state index in [1.54, 1.807) is 12.1 Å². The molecule has 0 saturated carbocycles. The fourth-order valence-electron chi connectivity index (χ4n) is 3.87. The van der Waals surface area contributed by atoms with Gasteiger partial charge >= 0.3 is 0 Å². The Morgan fingerprint density at radius 2 is 2.08 bits per heavy atom. The molecule has 1 aliphatic carbocycles. The molecule has 1 aliphatic heterocycles. The molecule has 2 aliphatic rings. The Bertz CT molecular complexity index is 901. The van der Waals surface area contributed by atoms with Crippen LogP contribution in [0.1, 0.15) is 34.3 Å². The number of carbonyl (C=O) groups is 2. The van der Waals surface area contributed by atoms with Gasteiger partial charge in [-0.3, -0.25) is 19.8 Å². The van der Waals surface area contributed by atoms with Gasteiger partial charge in [0.15, 0.2) is 0 Å². The summed E-state index contributed by atoms with van der Waals surface area (Å²) in [5.74, 6) is -0.408. The Labute approximate surface area is 155 Å². The highest BCUT2D eigenvalue weighted by atomic mass is 35.5. The van der Waals surface area contributed by atoms with Gasteiger partial charge in [-0.2, -0.15) is 5.06 Å². The van der Waals surface area contributed by atoms with E-state index in [2.05, 4.69) is 10.3 Å². The van der Waals surface area contributed by atoms with E-state index in [-0.39, 0.29) is 17.0 Å². The van der Waals surface area contributed by atoms with Crippen molar-refractivity contribution in [2.75, 3.05) is 11.6 Å². The molecule has 4 rings (SSSR count). The van der Waals surface area contributed by atoms with Crippen molar-refractivity contribution < 1.29 is 14.8 Å². The Hall–Kier alpha value is -2.44. The normalized spacial score (nSPS) is 21.4. The zero-order chi connectivity index (χ0) is 18.3. The van der Waals surface area contributed by atoms with Crippen molar-refractivity contribution in [1.82, 2.24) is 10.3 Å². The predicted octanol–water partition coefficient (Wildman–Crippen LogP) is 2.77. The molecule has 1 aromatic heterocycles. The van der Waals surface area contributed by atoms with Crippen LogP contribution in [0.4, 0.5) is 5.69 Å². The third-order valence-electron chi connectivity index (χ3n) is 5.35. The maximum atomic E-state index is 12.6. The minimum absolute atomic E-state index is 0.137. The molecule has 0 radical (unpaired) electrons. The summed E-state index contributed by atoms with van der Waals surface area (Å²) in [4.78, 5) is 28.6. The van der Waals surface area contributed by atoms with E-state index in [9.17, 15) is 14.8 Å². The second kappa shape index (κ2) is 6.37. The number of nitrogens with zero attached hydrogens (tertiary/aromatic N) is 2. The lowest BCUT2D eigenvalue weighted by Gasteiger charge is -2.32. The molecule has 7 heteroatoms. The summed E-state index contributed by atoms with van der Waals surface area (Å²) in [5.41, 5.74) is 2.45. The van der Waals surface area contributed by atoms with Crippen LogP contribution in [-0.2, 0) is 17.6 Å². The second-order valence-corrected chi connectivity index (χ2v) is 7.36. The topological polar surface area (TPSA) is 82.5 Å². The monoisotopic (exact) mass is 371 g/mol. The number of hydrogen-bond acceptors (Lipinski definition) is 4. The summed E-state index contributed by atoms with van der Waals surface area (Å²) in [5, 5.41) is 14.0. The zero-order valence-electron chi connectivity index (χ0n) is 14.0. The summed E-state index contributed by atoms with van der Waals surface area (Å²) in [6, 6.07) is 6.85. The van der Waals surface area contributed by atoms with Gasteiger partial charge < -0.3 is 5.32 Å². The van der Waals surface area contributed by atoms with Gasteiger partial charge in [0.25, 0.3) is 5.91 Å². The maximum absolute atomic E-state index is 12.6. The van der Waals surface area contributed by atoms with Gasteiger partial charge in [0.1, 0.15) is 0 Å². The van der Waals surface area contributed by atoms with Crippen LogP contribution >= 0.6 is 11.6 Å². The molecule has 2 amide bonds. The summed E-state index contributed by atoms with van der Waals surface area (Å²) >= 11 is 5.86. The van der Waals surface area contributed by atoms with Crippen molar-refractivity contribution in [1.29, 1.82) is 0 Å². The predicted molar refractivity (Wildman–Crippen MR) is 96.4 cm³/mol. The molecule has 26 heavy (non-hydrogen) atoms. The first kappa shape index (κ1) is 17.0. The molecule has 1 spiro atoms. The van der Waals surface area contributed by atoms with E-state index in [1.807, 2.05) is 6.07 Å². The quantitative estimate of drug-likeness (QED) is 0.628. The van der Waals surface area contributed by atoms with Gasteiger partial charge in [-0.25, -0.2) is 0 Å². The smallest absolute Gasteiger partial charge is 0.282 e. The zero-order valence-corrected chi connectivity index (χ0v) is 14.8. The van der Waals surface area contributed by atoms with Crippen molar-refractivity contribution >= 4 is 29.1 Å². The van der Waals surface area contributed by atoms with Gasteiger partial charge in [-0.1, -0.05) is 17.7 Å². The number of rotatable bonds is 2. The molecule has 1 aromatic carbocycles. The first-order valence-electron chi connectivity index (χ1n) is 8.52. The highest BCUT2D eigenvalue weighted by molar-refractivity contribution is 6.30. The Morgan fingerprint density at radius 3 is 2.81 bits per heavy atom. The first-order chi connectivity index (χ1) is 12.5. The van der Waals surface area contributed by atoms with Crippen molar-refractivity contribution in [3.05, 3.63) is 58.4 Å². The summed E-state index contributed by atoms with van der Waals surface area (Å²) in [6.07, 6.45) is 5.88. The molecule has 6 nitrogen and oxygen atoms in total. The second-order valence-electron chi connectivity index (χ2n) is 6.92. The van der Waals surface area contributed by atoms with E-state index in [1.165, 1.54) is 18.5 Å². The molecule has 134 valence electrons. The Morgan fingerprint density at radius 1 is 1.23 bits per heavy atom. The van der Waals surface area contributed by atoms with Gasteiger partial charge in [0.2, 0.25) is 5.91 Å². The number of halogens is 1. The average molecular weight is 372 g/mol. The third kappa shape index (κ3) is 2.85. The summed E-state index contributed by atoms with van der Waals surface area (Å²) in [7, 11) is 0. The van der Waals surface area contributed by atoms with Crippen LogP contribution in [0.3, 0.4) is 0 Å². The summed E-state index contributed by atoms with van der Waals surface area (Å²) in [6.45, 7) is 0.734. The highest BCUT2D eigenvalue weighted by Crippen LogP contribution is 2.41. The minimum Gasteiger partial charge on any atom is -0.356 e. The standard InChI is InChI=1S/C19H18ClN3O3/c20-15-8-16(11-21-10-15)23(26)17(24)13-1-2-14-9-19(4-3-12(14)7-13)5-6-22-18(19)25/h1-2,7-8,10-11,26H,3-6,9H2,(H,22,25)/t19-/m1/s1. The van der Waals surface area contributed by atoms with Crippen LogP contribution in [0.15, 0.2) is 36.7 Å². The van der Waals surface area contributed by atoms with Crippen LogP contribution in [0.2, 0.25) is 5.02 Å².